The highest BCUT2D eigenvalue weighted by Crippen LogP contribution is 2.42. The molecule has 0 radical (unpaired) electrons. The average Bonchev–Trinajstić information content (AvgIpc) is 2.79. The lowest BCUT2D eigenvalue weighted by molar-refractivity contribution is -0.157. The number of aliphatic hydroxyl groups excluding tert-OH is 1. The van der Waals surface area contributed by atoms with Crippen LogP contribution in [-0.2, 0) is 14.3 Å². The topological polar surface area (TPSA) is 76.0 Å². The van der Waals surface area contributed by atoms with Gasteiger partial charge in [-0.3, -0.25) is 4.79 Å². The Labute approximate surface area is 238 Å². The molecule has 2 N–H and O–H groups in total. The lowest BCUT2D eigenvalue weighted by Crippen LogP contribution is -2.42. The average molecular weight is 561 g/mol. The molecule has 2 aliphatic rings. The monoisotopic (exact) mass is 560 g/mol. The molecule has 37 heavy (non-hydrogen) atoms. The van der Waals surface area contributed by atoms with E-state index in [1.807, 2.05) is 0 Å². The second kappa shape index (κ2) is 14.6. The van der Waals surface area contributed by atoms with Crippen LogP contribution < -0.4 is 0 Å². The van der Waals surface area contributed by atoms with Gasteiger partial charge in [-0.25, -0.2) is 0 Å². The first kappa shape index (κ1) is 33.3. The number of thiol groups is 2. The smallest absolute Gasteiger partial charge is 0.309 e. The van der Waals surface area contributed by atoms with Gasteiger partial charge in [0.2, 0.25) is 0 Å². The molecule has 5 nitrogen and oxygen atoms in total. The van der Waals surface area contributed by atoms with Crippen LogP contribution in [0.2, 0.25) is 0 Å². The minimum absolute atomic E-state index is 0.0142. The molecule has 0 aromatic rings. The molecule has 0 aromatic heterocycles. The first-order valence-electron chi connectivity index (χ1n) is 14.8. The van der Waals surface area contributed by atoms with Crippen LogP contribution in [0.5, 0.6) is 0 Å². The number of aliphatic hydroxyl groups is 1. The van der Waals surface area contributed by atoms with E-state index in [0.717, 1.165) is 96.3 Å². The van der Waals surface area contributed by atoms with Crippen molar-refractivity contribution < 1.29 is 24.5 Å². The maximum absolute atomic E-state index is 12.1. The van der Waals surface area contributed by atoms with E-state index in [0.29, 0.717) is 6.42 Å². The molecule has 5 atom stereocenters. The van der Waals surface area contributed by atoms with Crippen LogP contribution in [0.25, 0.3) is 0 Å². The summed E-state index contributed by atoms with van der Waals surface area (Å²) in [5.41, 5.74) is 0.200. The molecule has 218 valence electrons. The van der Waals surface area contributed by atoms with Crippen LogP contribution >= 0.6 is 25.3 Å². The van der Waals surface area contributed by atoms with Gasteiger partial charge in [-0.15, -0.1) is 25.3 Å². The Morgan fingerprint density at radius 3 is 2.16 bits per heavy atom. The minimum Gasteiger partial charge on any atom is -0.481 e. The van der Waals surface area contributed by atoms with Gasteiger partial charge in [0.05, 0.1) is 18.1 Å². The third-order valence-electron chi connectivity index (χ3n) is 8.31. The zero-order valence-corrected chi connectivity index (χ0v) is 26.1. The number of carboxylic acid groups (broad SMARTS) is 1. The van der Waals surface area contributed by atoms with Crippen molar-refractivity contribution in [2.45, 2.75) is 159 Å². The Hall–Kier alpha value is 0.0500. The van der Waals surface area contributed by atoms with Crippen molar-refractivity contribution >= 4 is 31.2 Å². The Morgan fingerprint density at radius 1 is 0.919 bits per heavy atom. The molecular formula is C30H56O5S2. The van der Waals surface area contributed by atoms with E-state index in [1.54, 1.807) is 0 Å². The summed E-state index contributed by atoms with van der Waals surface area (Å²) in [6, 6.07) is 0. The highest BCUT2D eigenvalue weighted by Gasteiger charge is 2.40. The summed E-state index contributed by atoms with van der Waals surface area (Å²) in [4.78, 5) is 11.2. The van der Waals surface area contributed by atoms with Crippen molar-refractivity contribution in [3.8, 4) is 0 Å². The fourth-order valence-electron chi connectivity index (χ4n) is 5.88. The van der Waals surface area contributed by atoms with E-state index in [1.165, 1.54) is 0 Å². The second-order valence-electron chi connectivity index (χ2n) is 13.9. The summed E-state index contributed by atoms with van der Waals surface area (Å²) in [6.07, 6.45) is 15.2. The molecule has 0 aromatic carbocycles. The Kier molecular flexibility index (Phi) is 13.1. The summed E-state index contributed by atoms with van der Waals surface area (Å²) in [5.74, 6) is -1.19. The van der Waals surface area contributed by atoms with Crippen molar-refractivity contribution in [3.63, 3.8) is 0 Å². The first-order valence-corrected chi connectivity index (χ1v) is 15.7. The van der Waals surface area contributed by atoms with Gasteiger partial charge in [0, 0.05) is 6.61 Å². The number of carboxylic acids is 1. The third-order valence-corrected chi connectivity index (χ3v) is 9.41. The van der Waals surface area contributed by atoms with Gasteiger partial charge in [0.15, 0.2) is 0 Å². The molecule has 2 saturated heterocycles. The summed E-state index contributed by atoms with van der Waals surface area (Å²) in [5, 5.41) is 19.4. The van der Waals surface area contributed by atoms with Crippen LogP contribution in [0, 0.1) is 16.7 Å². The summed E-state index contributed by atoms with van der Waals surface area (Å²) < 4.78 is 12.9. The summed E-state index contributed by atoms with van der Waals surface area (Å²) >= 11 is 9.89. The molecule has 0 aliphatic carbocycles. The van der Waals surface area contributed by atoms with Crippen LogP contribution in [0.15, 0.2) is 0 Å². The van der Waals surface area contributed by atoms with Gasteiger partial charge in [0.25, 0.3) is 0 Å². The van der Waals surface area contributed by atoms with E-state index in [4.69, 9.17) is 34.7 Å². The van der Waals surface area contributed by atoms with Crippen LogP contribution in [0.4, 0.5) is 0 Å². The first-order chi connectivity index (χ1) is 17.2. The van der Waals surface area contributed by atoms with Crippen LogP contribution in [0.3, 0.4) is 0 Å². The van der Waals surface area contributed by atoms with Gasteiger partial charge in [-0.1, -0.05) is 47.5 Å². The van der Waals surface area contributed by atoms with Gasteiger partial charge in [-0.05, 0) is 101 Å². The van der Waals surface area contributed by atoms with Gasteiger partial charge < -0.3 is 19.7 Å². The molecule has 2 heterocycles. The van der Waals surface area contributed by atoms with Gasteiger partial charge in [-0.2, -0.15) is 0 Å². The maximum Gasteiger partial charge on any atom is 0.309 e. The quantitative estimate of drug-likeness (QED) is 0.120. The Balaban J connectivity index is 1.79. The molecule has 0 bridgehead atoms. The van der Waals surface area contributed by atoms with Crippen molar-refractivity contribution in [2.24, 2.45) is 16.7 Å². The molecule has 2 rings (SSSR count). The summed E-state index contributed by atoms with van der Waals surface area (Å²) in [6.45, 7) is 11.0. The van der Waals surface area contributed by atoms with E-state index < -0.39 is 16.8 Å². The number of unbranched alkanes of at least 4 members (excludes halogenated alkanes) is 1. The number of hydrogen-bond donors (Lipinski definition) is 4. The third kappa shape index (κ3) is 12.4. The molecule has 7 heteroatoms. The van der Waals surface area contributed by atoms with E-state index in [-0.39, 0.29) is 34.6 Å². The number of ether oxygens (including phenoxy) is 2. The molecule has 0 saturated carbocycles. The molecule has 2 aliphatic heterocycles. The van der Waals surface area contributed by atoms with Crippen LogP contribution in [-0.4, -0.2) is 44.9 Å². The molecule has 0 spiro atoms. The predicted molar refractivity (Wildman–Crippen MR) is 158 cm³/mol. The molecular weight excluding hydrogens is 504 g/mol. The van der Waals surface area contributed by atoms with E-state index >= 15 is 0 Å². The maximum atomic E-state index is 12.1. The highest BCUT2D eigenvalue weighted by atomic mass is 32.1. The normalized spacial score (nSPS) is 30.3. The fourth-order valence-corrected chi connectivity index (χ4v) is 6.79. The van der Waals surface area contributed by atoms with Crippen molar-refractivity contribution in [1.29, 1.82) is 0 Å². The molecule has 2 fully saturated rings. The minimum atomic E-state index is -0.739. The largest absolute Gasteiger partial charge is 0.481 e. The lowest BCUT2D eigenvalue weighted by Gasteiger charge is -2.41. The predicted octanol–water partition coefficient (Wildman–Crippen LogP) is 8.04. The van der Waals surface area contributed by atoms with E-state index in [2.05, 4.69) is 34.6 Å². The standard InChI is InChI=1S/C30H56O5S2/c1-27(2,3)16-10-14-24(26(32)33)25-15-11-21-30(37,35-25)20-9-13-23-12-8-19-29(36,34-23)18-7-6-17-28(4,5)22-31/h23-25,31,36-37H,6-22H2,1-5H3,(H,32,33). The fraction of sp³-hybridized carbons (Fsp3) is 0.967. The molecule has 5 unspecified atom stereocenters. The second-order valence-corrected chi connectivity index (χ2v) is 15.5. The number of aliphatic carboxylic acids is 1. The zero-order chi connectivity index (χ0) is 27.7. The Morgan fingerprint density at radius 2 is 1.54 bits per heavy atom. The highest BCUT2D eigenvalue weighted by molar-refractivity contribution is 7.81. The number of carbonyl (C=O) groups is 1. The van der Waals surface area contributed by atoms with Crippen molar-refractivity contribution in [1.82, 2.24) is 0 Å². The van der Waals surface area contributed by atoms with Gasteiger partial charge in [0.1, 0.15) is 9.87 Å². The number of hydrogen-bond acceptors (Lipinski definition) is 6. The van der Waals surface area contributed by atoms with E-state index in [9.17, 15) is 15.0 Å². The zero-order valence-electron chi connectivity index (χ0n) is 24.3. The van der Waals surface area contributed by atoms with Crippen molar-refractivity contribution in [3.05, 3.63) is 0 Å². The lowest BCUT2D eigenvalue weighted by atomic mass is 9.84. The molecule has 0 amide bonds. The summed E-state index contributed by atoms with van der Waals surface area (Å²) in [7, 11) is 0. The van der Waals surface area contributed by atoms with Gasteiger partial charge >= 0.3 is 5.97 Å². The Bertz CT molecular complexity index is 694. The SMILES string of the molecule is CC(C)(C)CCCC(C(=O)O)C1CCCC(S)(CCCC2CCCC(S)(CCCCC(C)(C)CO)O2)O1. The number of rotatable bonds is 15. The van der Waals surface area contributed by atoms with Crippen molar-refractivity contribution in [2.75, 3.05) is 6.61 Å². The van der Waals surface area contributed by atoms with Crippen LogP contribution in [0.1, 0.15) is 137 Å².